The molecular formula is C14H14N2. The van der Waals surface area contributed by atoms with Gasteiger partial charge in [0.05, 0.1) is 11.4 Å². The highest BCUT2D eigenvalue weighted by atomic mass is 14.7. The highest BCUT2D eigenvalue weighted by molar-refractivity contribution is 5.87. The summed E-state index contributed by atoms with van der Waals surface area (Å²) in [7, 11) is 0. The Labute approximate surface area is 95.2 Å². The number of benzene rings is 2. The Morgan fingerprint density at radius 3 is 1.19 bits per heavy atom. The molecule has 0 unspecified atom stereocenters. The van der Waals surface area contributed by atoms with Gasteiger partial charge in [-0.05, 0) is 11.1 Å². The summed E-state index contributed by atoms with van der Waals surface area (Å²) in [6.45, 7) is 0. The largest absolute Gasteiger partial charge is 0.397 e. The lowest BCUT2D eigenvalue weighted by molar-refractivity contribution is 1.45. The van der Waals surface area contributed by atoms with Crippen LogP contribution in [0.1, 0.15) is 11.1 Å². The molecule has 0 aromatic heterocycles. The molecule has 0 fully saturated rings. The van der Waals surface area contributed by atoms with E-state index in [4.69, 9.17) is 11.5 Å². The van der Waals surface area contributed by atoms with Crippen LogP contribution in [0, 0.1) is 0 Å². The van der Waals surface area contributed by atoms with Crippen molar-refractivity contribution in [2.45, 2.75) is 0 Å². The molecule has 0 amide bonds. The van der Waals surface area contributed by atoms with Crippen LogP contribution < -0.4 is 11.5 Å². The Hall–Kier alpha value is -2.22. The summed E-state index contributed by atoms with van der Waals surface area (Å²) in [5.41, 5.74) is 15.2. The molecule has 0 bridgehead atoms. The van der Waals surface area contributed by atoms with Gasteiger partial charge >= 0.3 is 0 Å². The SMILES string of the molecule is NC(=C(N)c1ccccc1)c1ccccc1. The van der Waals surface area contributed by atoms with Crippen molar-refractivity contribution < 1.29 is 0 Å². The molecule has 0 atom stereocenters. The van der Waals surface area contributed by atoms with Crippen LogP contribution in [0.4, 0.5) is 0 Å². The topological polar surface area (TPSA) is 52.0 Å². The van der Waals surface area contributed by atoms with E-state index in [1.54, 1.807) is 0 Å². The van der Waals surface area contributed by atoms with Gasteiger partial charge in [-0.1, -0.05) is 60.7 Å². The van der Waals surface area contributed by atoms with E-state index in [9.17, 15) is 0 Å². The fraction of sp³-hybridized carbons (Fsp3) is 0. The van der Waals surface area contributed by atoms with Crippen LogP contribution in [0.5, 0.6) is 0 Å². The molecule has 0 spiro atoms. The molecule has 80 valence electrons. The van der Waals surface area contributed by atoms with Crippen LogP contribution in [0.2, 0.25) is 0 Å². The molecule has 0 aliphatic rings. The molecule has 0 aliphatic carbocycles. The maximum Gasteiger partial charge on any atom is 0.0627 e. The molecule has 2 heteroatoms. The molecule has 2 aromatic rings. The summed E-state index contributed by atoms with van der Waals surface area (Å²) in [4.78, 5) is 0. The molecular weight excluding hydrogens is 196 g/mol. The van der Waals surface area contributed by atoms with Gasteiger partial charge in [0.2, 0.25) is 0 Å². The van der Waals surface area contributed by atoms with Crippen LogP contribution in [0.3, 0.4) is 0 Å². The first-order chi connectivity index (χ1) is 7.79. The average Bonchev–Trinajstić information content (AvgIpc) is 2.39. The number of rotatable bonds is 2. The zero-order valence-electron chi connectivity index (χ0n) is 8.93. The third-order valence-corrected chi connectivity index (χ3v) is 2.46. The monoisotopic (exact) mass is 210 g/mol. The second-order valence-corrected chi connectivity index (χ2v) is 3.56. The van der Waals surface area contributed by atoms with Gasteiger partial charge in [0.25, 0.3) is 0 Å². The van der Waals surface area contributed by atoms with Crippen LogP contribution in [-0.4, -0.2) is 0 Å². The van der Waals surface area contributed by atoms with Crippen LogP contribution in [0.15, 0.2) is 60.7 Å². The fourth-order valence-corrected chi connectivity index (χ4v) is 1.55. The van der Waals surface area contributed by atoms with Crippen molar-refractivity contribution in [1.82, 2.24) is 0 Å². The first kappa shape index (κ1) is 10.3. The van der Waals surface area contributed by atoms with E-state index < -0.39 is 0 Å². The summed E-state index contributed by atoms with van der Waals surface area (Å²) in [6.07, 6.45) is 0. The van der Waals surface area contributed by atoms with Gasteiger partial charge in [-0.25, -0.2) is 0 Å². The third kappa shape index (κ3) is 2.06. The molecule has 0 radical (unpaired) electrons. The van der Waals surface area contributed by atoms with Crippen molar-refractivity contribution >= 4 is 11.4 Å². The highest BCUT2D eigenvalue weighted by Gasteiger charge is 2.03. The lowest BCUT2D eigenvalue weighted by Crippen LogP contribution is -2.07. The second-order valence-electron chi connectivity index (χ2n) is 3.56. The third-order valence-electron chi connectivity index (χ3n) is 2.46. The Morgan fingerprint density at radius 2 is 0.875 bits per heavy atom. The van der Waals surface area contributed by atoms with E-state index in [-0.39, 0.29) is 0 Å². The Morgan fingerprint density at radius 1 is 0.562 bits per heavy atom. The molecule has 2 rings (SSSR count). The van der Waals surface area contributed by atoms with Crippen molar-refractivity contribution in [3.05, 3.63) is 71.8 Å². The Bertz CT molecular complexity index is 439. The standard InChI is InChI=1S/C14H14N2/c15-13(11-7-3-1-4-8-11)14(16)12-9-5-2-6-10-12/h1-10H,15-16H2. The molecule has 2 nitrogen and oxygen atoms in total. The van der Waals surface area contributed by atoms with E-state index in [1.807, 2.05) is 60.7 Å². The molecule has 2 aromatic carbocycles. The minimum absolute atomic E-state index is 0.617. The summed E-state index contributed by atoms with van der Waals surface area (Å²) in [5, 5.41) is 0. The van der Waals surface area contributed by atoms with Crippen molar-refractivity contribution in [1.29, 1.82) is 0 Å². The second kappa shape index (κ2) is 4.53. The minimum Gasteiger partial charge on any atom is -0.397 e. The van der Waals surface area contributed by atoms with E-state index in [0.29, 0.717) is 11.4 Å². The van der Waals surface area contributed by atoms with Gasteiger partial charge in [-0.15, -0.1) is 0 Å². The van der Waals surface area contributed by atoms with Gasteiger partial charge in [0, 0.05) is 0 Å². The molecule has 16 heavy (non-hydrogen) atoms. The highest BCUT2D eigenvalue weighted by Crippen LogP contribution is 2.17. The Balaban J connectivity index is 2.43. The molecule has 0 heterocycles. The first-order valence-electron chi connectivity index (χ1n) is 5.15. The summed E-state index contributed by atoms with van der Waals surface area (Å²) in [6, 6.07) is 19.5. The fourth-order valence-electron chi connectivity index (χ4n) is 1.55. The van der Waals surface area contributed by atoms with Crippen LogP contribution in [-0.2, 0) is 0 Å². The first-order valence-corrected chi connectivity index (χ1v) is 5.15. The summed E-state index contributed by atoms with van der Waals surface area (Å²) in [5.74, 6) is 0. The predicted octanol–water partition coefficient (Wildman–Crippen LogP) is 2.43. The van der Waals surface area contributed by atoms with Gasteiger partial charge in [-0.2, -0.15) is 0 Å². The smallest absolute Gasteiger partial charge is 0.0627 e. The van der Waals surface area contributed by atoms with E-state index >= 15 is 0 Å². The zero-order chi connectivity index (χ0) is 11.4. The van der Waals surface area contributed by atoms with Gasteiger partial charge in [-0.3, -0.25) is 0 Å². The lowest BCUT2D eigenvalue weighted by Gasteiger charge is -2.07. The van der Waals surface area contributed by atoms with Crippen molar-refractivity contribution in [2.24, 2.45) is 11.5 Å². The maximum absolute atomic E-state index is 6.03. The van der Waals surface area contributed by atoms with Gasteiger partial charge < -0.3 is 11.5 Å². The quantitative estimate of drug-likeness (QED) is 0.748. The van der Waals surface area contributed by atoms with E-state index in [1.165, 1.54) is 0 Å². The molecule has 4 N–H and O–H groups in total. The van der Waals surface area contributed by atoms with Gasteiger partial charge in [0.15, 0.2) is 0 Å². The van der Waals surface area contributed by atoms with Crippen molar-refractivity contribution in [3.63, 3.8) is 0 Å². The summed E-state index contributed by atoms with van der Waals surface area (Å²) >= 11 is 0. The lowest BCUT2D eigenvalue weighted by atomic mass is 10.1. The summed E-state index contributed by atoms with van der Waals surface area (Å²) < 4.78 is 0. The van der Waals surface area contributed by atoms with Crippen molar-refractivity contribution in [3.8, 4) is 0 Å². The molecule has 0 saturated heterocycles. The van der Waals surface area contributed by atoms with E-state index in [2.05, 4.69) is 0 Å². The predicted molar refractivity (Wildman–Crippen MR) is 68.1 cm³/mol. The van der Waals surface area contributed by atoms with E-state index in [0.717, 1.165) is 11.1 Å². The zero-order valence-corrected chi connectivity index (χ0v) is 8.93. The van der Waals surface area contributed by atoms with Crippen LogP contribution >= 0.6 is 0 Å². The maximum atomic E-state index is 6.03. The number of nitrogens with two attached hydrogens (primary N) is 2. The normalized spacial score (nSPS) is 12.0. The Kier molecular flexibility index (Phi) is 2.92. The van der Waals surface area contributed by atoms with Crippen molar-refractivity contribution in [2.75, 3.05) is 0 Å². The van der Waals surface area contributed by atoms with Crippen LogP contribution in [0.25, 0.3) is 11.4 Å². The minimum atomic E-state index is 0.617. The van der Waals surface area contributed by atoms with Gasteiger partial charge in [0.1, 0.15) is 0 Å². The average molecular weight is 210 g/mol. The molecule has 0 aliphatic heterocycles. The number of hydrogen-bond donors (Lipinski definition) is 2. The molecule has 0 saturated carbocycles. The number of hydrogen-bond acceptors (Lipinski definition) is 2.